The van der Waals surface area contributed by atoms with Gasteiger partial charge in [0.05, 0.1) is 11.4 Å². The minimum atomic E-state index is -2.89. The monoisotopic (exact) mass is 263 g/mol. The van der Waals surface area contributed by atoms with E-state index in [1.54, 1.807) is 6.92 Å². The van der Waals surface area contributed by atoms with E-state index in [1.807, 2.05) is 0 Å². The third kappa shape index (κ3) is 5.84. The molecule has 0 aromatic carbocycles. The van der Waals surface area contributed by atoms with Crippen molar-refractivity contribution in [1.82, 2.24) is 5.32 Å². The van der Waals surface area contributed by atoms with Gasteiger partial charge in [-0.05, 0) is 12.8 Å². The molecule has 1 aliphatic rings. The zero-order valence-electron chi connectivity index (χ0n) is 10.7. The van der Waals surface area contributed by atoms with E-state index in [-0.39, 0.29) is 11.5 Å². The average molecular weight is 263 g/mol. The Labute approximate surface area is 105 Å². The van der Waals surface area contributed by atoms with Crippen LogP contribution in [0.2, 0.25) is 0 Å². The van der Waals surface area contributed by atoms with Gasteiger partial charge in [-0.1, -0.05) is 32.6 Å². The van der Waals surface area contributed by atoms with Crippen LogP contribution in [0.5, 0.6) is 0 Å². The summed E-state index contributed by atoms with van der Waals surface area (Å²) >= 11 is 0. The average Bonchev–Trinajstić information content (AvgIpc) is 2.50. The Morgan fingerprint density at radius 1 is 1.18 bits per heavy atom. The predicted molar refractivity (Wildman–Crippen MR) is 69.8 cm³/mol. The Bertz CT molecular complexity index is 306. The van der Waals surface area contributed by atoms with E-state index < -0.39 is 15.4 Å². The molecule has 1 rings (SSSR count). The van der Waals surface area contributed by atoms with Crippen LogP contribution in [0, 0.1) is 0 Å². The maximum Gasteiger partial charge on any atom is 0.151 e. The SMILES string of the molecule is CCS(=O)(=O)CCNCC1(O)CCCCCC1. The van der Waals surface area contributed by atoms with Gasteiger partial charge in [0.1, 0.15) is 0 Å². The second kappa shape index (κ2) is 6.71. The number of sulfone groups is 1. The standard InChI is InChI=1S/C12H25NO3S/c1-2-17(15,16)10-9-13-11-12(14)7-5-3-4-6-8-12/h13-14H,2-11H2,1H3. The van der Waals surface area contributed by atoms with Gasteiger partial charge in [0, 0.05) is 18.8 Å². The Balaban J connectivity index is 2.25. The third-order valence-electron chi connectivity index (χ3n) is 3.52. The molecule has 0 aliphatic heterocycles. The van der Waals surface area contributed by atoms with Gasteiger partial charge in [-0.3, -0.25) is 0 Å². The Morgan fingerprint density at radius 2 is 1.76 bits per heavy atom. The molecule has 1 fully saturated rings. The van der Waals surface area contributed by atoms with E-state index in [2.05, 4.69) is 5.32 Å². The number of hydrogen-bond donors (Lipinski definition) is 2. The maximum absolute atomic E-state index is 11.3. The molecule has 0 heterocycles. The van der Waals surface area contributed by atoms with Crippen LogP contribution in [0.1, 0.15) is 45.4 Å². The van der Waals surface area contributed by atoms with Gasteiger partial charge >= 0.3 is 0 Å². The van der Waals surface area contributed by atoms with Crippen molar-refractivity contribution >= 4 is 9.84 Å². The molecule has 1 aliphatic carbocycles. The first-order valence-electron chi connectivity index (χ1n) is 6.61. The second-order valence-corrected chi connectivity index (χ2v) is 7.52. The summed E-state index contributed by atoms with van der Waals surface area (Å²) in [4.78, 5) is 0. The molecule has 1 saturated carbocycles. The first kappa shape index (κ1) is 14.9. The highest BCUT2D eigenvalue weighted by atomic mass is 32.2. The molecule has 2 N–H and O–H groups in total. The molecule has 0 spiro atoms. The largest absolute Gasteiger partial charge is 0.389 e. The topological polar surface area (TPSA) is 66.4 Å². The highest BCUT2D eigenvalue weighted by Gasteiger charge is 2.27. The number of rotatable bonds is 6. The molecule has 0 aromatic heterocycles. The third-order valence-corrected chi connectivity index (χ3v) is 5.22. The molecule has 0 unspecified atom stereocenters. The number of aliphatic hydroxyl groups is 1. The van der Waals surface area contributed by atoms with Crippen LogP contribution in [-0.2, 0) is 9.84 Å². The first-order chi connectivity index (χ1) is 7.97. The molecule has 0 atom stereocenters. The van der Waals surface area contributed by atoms with E-state index in [1.165, 1.54) is 12.8 Å². The van der Waals surface area contributed by atoms with Gasteiger partial charge in [-0.15, -0.1) is 0 Å². The smallest absolute Gasteiger partial charge is 0.151 e. The second-order valence-electron chi connectivity index (χ2n) is 5.05. The lowest BCUT2D eigenvalue weighted by atomic mass is 9.94. The molecule has 0 amide bonds. The molecular formula is C12H25NO3S. The summed E-state index contributed by atoms with van der Waals surface area (Å²) in [5, 5.41) is 13.4. The molecule has 0 bridgehead atoms. The van der Waals surface area contributed by atoms with Gasteiger partial charge in [0.15, 0.2) is 9.84 Å². The Kier molecular flexibility index (Phi) is 5.89. The molecule has 0 radical (unpaired) electrons. The van der Waals surface area contributed by atoms with Crippen LogP contribution in [0.3, 0.4) is 0 Å². The van der Waals surface area contributed by atoms with Crippen molar-refractivity contribution in [2.24, 2.45) is 0 Å². The Hall–Kier alpha value is -0.130. The molecule has 5 heteroatoms. The molecule has 17 heavy (non-hydrogen) atoms. The summed E-state index contributed by atoms with van der Waals surface area (Å²) in [6, 6.07) is 0. The van der Waals surface area contributed by atoms with Gasteiger partial charge in [-0.25, -0.2) is 8.42 Å². The van der Waals surface area contributed by atoms with Crippen molar-refractivity contribution in [1.29, 1.82) is 0 Å². The van der Waals surface area contributed by atoms with Gasteiger partial charge < -0.3 is 10.4 Å². The fraction of sp³-hybridized carbons (Fsp3) is 1.00. The van der Waals surface area contributed by atoms with Crippen molar-refractivity contribution < 1.29 is 13.5 Å². The van der Waals surface area contributed by atoms with Crippen LogP contribution in [0.15, 0.2) is 0 Å². The van der Waals surface area contributed by atoms with E-state index >= 15 is 0 Å². The molecular weight excluding hydrogens is 238 g/mol. The van der Waals surface area contributed by atoms with Crippen LogP contribution < -0.4 is 5.32 Å². The fourth-order valence-electron chi connectivity index (χ4n) is 2.26. The fourth-order valence-corrected chi connectivity index (χ4v) is 3.00. The summed E-state index contributed by atoms with van der Waals surface area (Å²) < 4.78 is 22.6. The van der Waals surface area contributed by atoms with Gasteiger partial charge in [0.2, 0.25) is 0 Å². The van der Waals surface area contributed by atoms with E-state index in [4.69, 9.17) is 0 Å². The summed E-state index contributed by atoms with van der Waals surface area (Å²) in [5.41, 5.74) is -0.619. The predicted octanol–water partition coefficient (Wildman–Crippen LogP) is 1.10. The highest BCUT2D eigenvalue weighted by molar-refractivity contribution is 7.91. The van der Waals surface area contributed by atoms with Crippen molar-refractivity contribution in [2.75, 3.05) is 24.6 Å². The quantitative estimate of drug-likeness (QED) is 0.556. The van der Waals surface area contributed by atoms with Gasteiger partial charge in [-0.2, -0.15) is 0 Å². The van der Waals surface area contributed by atoms with Crippen LogP contribution in [-0.4, -0.2) is 43.7 Å². The molecule has 4 nitrogen and oxygen atoms in total. The number of nitrogens with one attached hydrogen (secondary N) is 1. The van der Waals surface area contributed by atoms with Gasteiger partial charge in [0.25, 0.3) is 0 Å². The summed E-state index contributed by atoms with van der Waals surface area (Å²) in [7, 11) is -2.89. The van der Waals surface area contributed by atoms with Crippen LogP contribution >= 0.6 is 0 Å². The summed E-state index contributed by atoms with van der Waals surface area (Å²) in [6.45, 7) is 2.62. The van der Waals surface area contributed by atoms with E-state index in [0.29, 0.717) is 13.1 Å². The minimum Gasteiger partial charge on any atom is -0.389 e. The van der Waals surface area contributed by atoms with Crippen molar-refractivity contribution in [3.8, 4) is 0 Å². The zero-order valence-corrected chi connectivity index (χ0v) is 11.6. The Morgan fingerprint density at radius 3 is 2.29 bits per heavy atom. The van der Waals surface area contributed by atoms with Crippen molar-refractivity contribution in [3.63, 3.8) is 0 Å². The van der Waals surface area contributed by atoms with Crippen LogP contribution in [0.4, 0.5) is 0 Å². The normalized spacial score (nSPS) is 21.1. The van der Waals surface area contributed by atoms with Crippen molar-refractivity contribution in [2.45, 2.75) is 51.0 Å². The van der Waals surface area contributed by atoms with E-state index in [0.717, 1.165) is 25.7 Å². The maximum atomic E-state index is 11.3. The number of hydrogen-bond acceptors (Lipinski definition) is 4. The lowest BCUT2D eigenvalue weighted by Crippen LogP contribution is -2.41. The molecule has 0 saturated heterocycles. The molecule has 102 valence electrons. The van der Waals surface area contributed by atoms with Crippen molar-refractivity contribution in [3.05, 3.63) is 0 Å². The first-order valence-corrected chi connectivity index (χ1v) is 8.43. The lowest BCUT2D eigenvalue weighted by Gasteiger charge is -2.26. The van der Waals surface area contributed by atoms with E-state index in [9.17, 15) is 13.5 Å². The van der Waals surface area contributed by atoms with Crippen LogP contribution in [0.25, 0.3) is 0 Å². The minimum absolute atomic E-state index is 0.166. The summed E-state index contributed by atoms with van der Waals surface area (Å²) in [6.07, 6.45) is 6.22. The highest BCUT2D eigenvalue weighted by Crippen LogP contribution is 2.26. The zero-order chi connectivity index (χ0) is 12.8. The summed E-state index contributed by atoms with van der Waals surface area (Å²) in [5.74, 6) is 0.360. The lowest BCUT2D eigenvalue weighted by molar-refractivity contribution is 0.0259. The molecule has 0 aromatic rings.